The van der Waals surface area contributed by atoms with Crippen molar-refractivity contribution in [2.45, 2.75) is 13.0 Å². The van der Waals surface area contributed by atoms with Gasteiger partial charge in [-0.05, 0) is 37.7 Å². The molecular weight excluding hydrogens is 226 g/mol. The SMILES string of the molecule is CNC(c1cccnc1C)c1ncccc1OC. The van der Waals surface area contributed by atoms with Gasteiger partial charge in [-0.25, -0.2) is 0 Å². The Kier molecular flexibility index (Phi) is 3.89. The van der Waals surface area contributed by atoms with Gasteiger partial charge in [-0.15, -0.1) is 0 Å². The zero-order valence-corrected chi connectivity index (χ0v) is 10.8. The summed E-state index contributed by atoms with van der Waals surface area (Å²) in [4.78, 5) is 8.74. The smallest absolute Gasteiger partial charge is 0.142 e. The molecule has 0 radical (unpaired) electrons. The lowest BCUT2D eigenvalue weighted by atomic mass is 10.0. The van der Waals surface area contributed by atoms with Gasteiger partial charge in [0.05, 0.1) is 13.2 Å². The summed E-state index contributed by atoms with van der Waals surface area (Å²) >= 11 is 0. The van der Waals surface area contributed by atoms with Crippen LogP contribution in [0.1, 0.15) is 23.0 Å². The first-order valence-electron chi connectivity index (χ1n) is 5.85. The van der Waals surface area contributed by atoms with Crippen LogP contribution in [0.3, 0.4) is 0 Å². The van der Waals surface area contributed by atoms with Gasteiger partial charge in [-0.1, -0.05) is 6.07 Å². The van der Waals surface area contributed by atoms with Crippen LogP contribution in [0.5, 0.6) is 5.75 Å². The van der Waals surface area contributed by atoms with E-state index in [-0.39, 0.29) is 6.04 Å². The maximum absolute atomic E-state index is 5.37. The molecule has 0 aromatic carbocycles. The summed E-state index contributed by atoms with van der Waals surface area (Å²) in [7, 11) is 3.56. The van der Waals surface area contributed by atoms with Gasteiger partial charge in [0.2, 0.25) is 0 Å². The summed E-state index contributed by atoms with van der Waals surface area (Å²) in [6.07, 6.45) is 3.56. The number of nitrogens with zero attached hydrogens (tertiary/aromatic N) is 2. The molecule has 1 atom stereocenters. The highest BCUT2D eigenvalue weighted by Gasteiger charge is 2.19. The van der Waals surface area contributed by atoms with Crippen LogP contribution >= 0.6 is 0 Å². The minimum atomic E-state index is -0.0187. The fourth-order valence-corrected chi connectivity index (χ4v) is 2.03. The molecule has 0 saturated heterocycles. The van der Waals surface area contributed by atoms with Crippen LogP contribution in [-0.4, -0.2) is 24.1 Å². The first kappa shape index (κ1) is 12.5. The maximum Gasteiger partial charge on any atom is 0.142 e. The molecule has 0 aliphatic rings. The summed E-state index contributed by atoms with van der Waals surface area (Å²) in [5.41, 5.74) is 2.97. The van der Waals surface area contributed by atoms with Crippen molar-refractivity contribution in [1.29, 1.82) is 0 Å². The van der Waals surface area contributed by atoms with Crippen LogP contribution in [-0.2, 0) is 0 Å². The van der Waals surface area contributed by atoms with Crippen molar-refractivity contribution in [2.24, 2.45) is 0 Å². The topological polar surface area (TPSA) is 47.0 Å². The second-order valence-corrected chi connectivity index (χ2v) is 3.99. The first-order valence-corrected chi connectivity index (χ1v) is 5.85. The van der Waals surface area contributed by atoms with Crippen molar-refractivity contribution in [3.8, 4) is 5.75 Å². The van der Waals surface area contributed by atoms with Gasteiger partial charge in [-0.3, -0.25) is 9.97 Å². The molecule has 0 aliphatic carbocycles. The molecule has 2 aromatic rings. The lowest BCUT2D eigenvalue weighted by molar-refractivity contribution is 0.401. The molecule has 0 spiro atoms. The summed E-state index contributed by atoms with van der Waals surface area (Å²) in [5.74, 6) is 0.778. The van der Waals surface area contributed by atoms with Gasteiger partial charge in [0.15, 0.2) is 0 Å². The Morgan fingerprint density at radius 3 is 2.56 bits per heavy atom. The van der Waals surface area contributed by atoms with Crippen LogP contribution in [0, 0.1) is 6.92 Å². The Bertz CT molecular complexity index is 528. The molecule has 94 valence electrons. The molecular formula is C14H17N3O. The summed E-state index contributed by atoms with van der Waals surface area (Å²) < 4.78 is 5.37. The van der Waals surface area contributed by atoms with Crippen LogP contribution in [0.4, 0.5) is 0 Å². The van der Waals surface area contributed by atoms with Gasteiger partial charge in [0.25, 0.3) is 0 Å². The van der Waals surface area contributed by atoms with Crippen LogP contribution in [0.15, 0.2) is 36.7 Å². The van der Waals surface area contributed by atoms with Gasteiger partial charge in [-0.2, -0.15) is 0 Å². The molecule has 4 heteroatoms. The molecule has 0 amide bonds. The van der Waals surface area contributed by atoms with Crippen LogP contribution in [0.25, 0.3) is 0 Å². The third kappa shape index (κ3) is 2.33. The number of hydrogen-bond donors (Lipinski definition) is 1. The van der Waals surface area contributed by atoms with E-state index >= 15 is 0 Å². The standard InChI is InChI=1S/C14H17N3O/c1-10-11(6-4-8-16-10)13(15-2)14-12(18-3)7-5-9-17-14/h4-9,13,15H,1-3H3. The minimum Gasteiger partial charge on any atom is -0.495 e. The van der Waals surface area contributed by atoms with Crippen molar-refractivity contribution in [3.63, 3.8) is 0 Å². The number of methoxy groups -OCH3 is 1. The first-order chi connectivity index (χ1) is 8.77. The Morgan fingerprint density at radius 1 is 1.17 bits per heavy atom. The second kappa shape index (κ2) is 5.60. The average Bonchev–Trinajstić information content (AvgIpc) is 2.42. The zero-order valence-electron chi connectivity index (χ0n) is 10.8. The number of nitrogens with one attached hydrogen (secondary N) is 1. The number of hydrogen-bond acceptors (Lipinski definition) is 4. The van der Waals surface area contributed by atoms with Crippen LogP contribution < -0.4 is 10.1 Å². The summed E-state index contributed by atoms with van der Waals surface area (Å²) in [6, 6.07) is 7.75. The van der Waals surface area contributed by atoms with Gasteiger partial charge in [0.1, 0.15) is 11.4 Å². The summed E-state index contributed by atoms with van der Waals surface area (Å²) in [5, 5.41) is 3.27. The van der Waals surface area contributed by atoms with E-state index in [0.717, 1.165) is 22.7 Å². The Morgan fingerprint density at radius 2 is 1.89 bits per heavy atom. The normalized spacial score (nSPS) is 12.2. The van der Waals surface area contributed by atoms with Crippen LogP contribution in [0.2, 0.25) is 0 Å². The molecule has 2 heterocycles. The average molecular weight is 243 g/mol. The number of aryl methyl sites for hydroxylation is 1. The molecule has 0 saturated carbocycles. The van der Waals surface area contributed by atoms with E-state index in [1.165, 1.54) is 0 Å². The number of rotatable bonds is 4. The highest BCUT2D eigenvalue weighted by Crippen LogP contribution is 2.28. The highest BCUT2D eigenvalue weighted by molar-refractivity contribution is 5.37. The number of pyridine rings is 2. The van der Waals surface area contributed by atoms with E-state index in [0.29, 0.717) is 0 Å². The molecule has 4 nitrogen and oxygen atoms in total. The number of ether oxygens (including phenoxy) is 1. The van der Waals surface area contributed by atoms with Gasteiger partial charge < -0.3 is 10.1 Å². The largest absolute Gasteiger partial charge is 0.495 e. The van der Waals surface area contributed by atoms with Crippen molar-refractivity contribution in [2.75, 3.05) is 14.2 Å². The van der Waals surface area contributed by atoms with E-state index in [2.05, 4.69) is 21.4 Å². The van der Waals surface area contributed by atoms with Crippen molar-refractivity contribution < 1.29 is 4.74 Å². The van der Waals surface area contributed by atoms with Gasteiger partial charge >= 0.3 is 0 Å². The third-order valence-corrected chi connectivity index (χ3v) is 2.94. The number of aromatic nitrogens is 2. The third-order valence-electron chi connectivity index (χ3n) is 2.94. The lowest BCUT2D eigenvalue weighted by Crippen LogP contribution is -2.21. The maximum atomic E-state index is 5.37. The molecule has 0 bridgehead atoms. The Labute approximate surface area is 107 Å². The predicted octanol–water partition coefficient (Wildman–Crippen LogP) is 2.10. The fraction of sp³-hybridized carbons (Fsp3) is 0.286. The molecule has 1 N–H and O–H groups in total. The highest BCUT2D eigenvalue weighted by atomic mass is 16.5. The van der Waals surface area contributed by atoms with E-state index in [1.54, 1.807) is 19.5 Å². The van der Waals surface area contributed by atoms with Crippen molar-refractivity contribution in [3.05, 3.63) is 53.6 Å². The zero-order chi connectivity index (χ0) is 13.0. The van der Waals surface area contributed by atoms with Crippen molar-refractivity contribution in [1.82, 2.24) is 15.3 Å². The van der Waals surface area contributed by atoms with Gasteiger partial charge in [0, 0.05) is 18.1 Å². The van der Waals surface area contributed by atoms with E-state index < -0.39 is 0 Å². The van der Waals surface area contributed by atoms with E-state index in [9.17, 15) is 0 Å². The molecule has 0 aliphatic heterocycles. The minimum absolute atomic E-state index is 0.0187. The monoisotopic (exact) mass is 243 g/mol. The molecule has 0 fully saturated rings. The molecule has 2 aromatic heterocycles. The quantitative estimate of drug-likeness (QED) is 0.893. The predicted molar refractivity (Wildman–Crippen MR) is 70.7 cm³/mol. The van der Waals surface area contributed by atoms with E-state index in [1.807, 2.05) is 32.2 Å². The molecule has 2 rings (SSSR count). The lowest BCUT2D eigenvalue weighted by Gasteiger charge is -2.19. The molecule has 18 heavy (non-hydrogen) atoms. The summed E-state index contributed by atoms with van der Waals surface area (Å²) in [6.45, 7) is 2.00. The van der Waals surface area contributed by atoms with Crippen molar-refractivity contribution >= 4 is 0 Å². The second-order valence-electron chi connectivity index (χ2n) is 3.99. The Hall–Kier alpha value is -1.94. The molecule has 1 unspecified atom stereocenters. The fourth-order valence-electron chi connectivity index (χ4n) is 2.03. The van der Waals surface area contributed by atoms with E-state index in [4.69, 9.17) is 4.74 Å². The Balaban J connectivity index is 2.49.